The first-order valence-electron chi connectivity index (χ1n) is 8.21. The Morgan fingerprint density at radius 1 is 1.42 bits per heavy atom. The van der Waals surface area contributed by atoms with Gasteiger partial charge in [0.25, 0.3) is 12.3 Å². The molecule has 0 bridgehead atoms. The number of carbonyl (C=O) groups is 2. The van der Waals surface area contributed by atoms with Crippen LogP contribution in [-0.2, 0) is 9.53 Å². The molecule has 0 atom stereocenters. The number of nitrogens with one attached hydrogen (secondary N) is 1. The van der Waals surface area contributed by atoms with E-state index < -0.39 is 18.3 Å². The molecule has 138 valence electrons. The van der Waals surface area contributed by atoms with Crippen molar-refractivity contribution in [2.45, 2.75) is 31.6 Å². The second kappa shape index (κ2) is 7.59. The third kappa shape index (κ3) is 4.04. The maximum Gasteiger partial charge on any atom is 0.330 e. The van der Waals surface area contributed by atoms with Crippen molar-refractivity contribution in [3.63, 3.8) is 0 Å². The average molecular weight is 364 g/mol. The van der Waals surface area contributed by atoms with E-state index in [0.717, 1.165) is 17.4 Å². The molecule has 1 fully saturated rings. The number of hydrogen-bond donors (Lipinski definition) is 1. The Balaban J connectivity index is 1.71. The van der Waals surface area contributed by atoms with Crippen LogP contribution in [0.3, 0.4) is 0 Å². The van der Waals surface area contributed by atoms with Crippen molar-refractivity contribution >= 4 is 17.5 Å². The fourth-order valence-electron chi connectivity index (χ4n) is 2.48. The minimum absolute atomic E-state index is 0.0179. The lowest BCUT2D eigenvalue weighted by atomic mass is 10.2. The highest BCUT2D eigenvalue weighted by Crippen LogP contribution is 2.40. The molecule has 1 aliphatic carbocycles. The standard InChI is InChI=1S/C17H18F2N4O3/c1-26-15(24)4-2-3-7-20-17(25)12-9-14-21-11(10-5-6-10)8-13(16(18)19)23(14)22-12/h2,4,8-10,16H,3,5-7H2,1H3,(H,20,25)/b4-2+. The summed E-state index contributed by atoms with van der Waals surface area (Å²) < 4.78 is 32.1. The molecule has 0 spiro atoms. The summed E-state index contributed by atoms with van der Waals surface area (Å²) in [5.74, 6) is -0.754. The summed E-state index contributed by atoms with van der Waals surface area (Å²) >= 11 is 0. The van der Waals surface area contributed by atoms with Crippen LogP contribution in [0.25, 0.3) is 5.65 Å². The van der Waals surface area contributed by atoms with Crippen LogP contribution in [0.4, 0.5) is 8.78 Å². The molecule has 0 saturated heterocycles. The first-order chi connectivity index (χ1) is 12.5. The van der Waals surface area contributed by atoms with Crippen molar-refractivity contribution in [3.8, 4) is 0 Å². The van der Waals surface area contributed by atoms with Gasteiger partial charge in [-0.3, -0.25) is 4.79 Å². The zero-order chi connectivity index (χ0) is 18.7. The molecule has 0 aliphatic heterocycles. The molecule has 1 amide bonds. The number of fused-ring (bicyclic) bond motifs is 1. The van der Waals surface area contributed by atoms with Crippen LogP contribution in [0.5, 0.6) is 0 Å². The molecule has 26 heavy (non-hydrogen) atoms. The lowest BCUT2D eigenvalue weighted by Crippen LogP contribution is -2.24. The highest BCUT2D eigenvalue weighted by Gasteiger charge is 2.28. The molecule has 1 aliphatic rings. The van der Waals surface area contributed by atoms with E-state index in [1.165, 1.54) is 25.3 Å². The average Bonchev–Trinajstić information content (AvgIpc) is 3.38. The molecule has 0 unspecified atom stereocenters. The molecular formula is C17H18F2N4O3. The number of hydrogen-bond acceptors (Lipinski definition) is 5. The number of aromatic nitrogens is 3. The molecule has 0 aromatic carbocycles. The molecule has 9 heteroatoms. The van der Waals surface area contributed by atoms with Gasteiger partial charge in [-0.05, 0) is 25.3 Å². The number of halogens is 2. The van der Waals surface area contributed by atoms with Crippen molar-refractivity contribution in [1.29, 1.82) is 0 Å². The first kappa shape index (κ1) is 18.0. The van der Waals surface area contributed by atoms with E-state index in [1.54, 1.807) is 6.08 Å². The summed E-state index contributed by atoms with van der Waals surface area (Å²) in [5, 5.41) is 6.58. The Hall–Kier alpha value is -2.84. The van der Waals surface area contributed by atoms with Gasteiger partial charge in [0.1, 0.15) is 5.69 Å². The van der Waals surface area contributed by atoms with Gasteiger partial charge in [0.05, 0.1) is 7.11 Å². The smallest absolute Gasteiger partial charge is 0.330 e. The van der Waals surface area contributed by atoms with Crippen LogP contribution in [0.15, 0.2) is 24.3 Å². The van der Waals surface area contributed by atoms with E-state index in [2.05, 4.69) is 20.1 Å². The Morgan fingerprint density at radius 2 is 2.19 bits per heavy atom. The van der Waals surface area contributed by atoms with Gasteiger partial charge in [0, 0.05) is 30.3 Å². The number of carbonyl (C=O) groups excluding carboxylic acids is 2. The largest absolute Gasteiger partial charge is 0.466 e. The van der Waals surface area contributed by atoms with Crippen LogP contribution >= 0.6 is 0 Å². The molecule has 2 aromatic rings. The molecule has 2 aromatic heterocycles. The van der Waals surface area contributed by atoms with E-state index in [0.29, 0.717) is 12.1 Å². The topological polar surface area (TPSA) is 85.6 Å². The van der Waals surface area contributed by atoms with E-state index in [-0.39, 0.29) is 29.5 Å². The second-order valence-electron chi connectivity index (χ2n) is 5.95. The van der Waals surface area contributed by atoms with Gasteiger partial charge in [-0.1, -0.05) is 6.08 Å². The number of nitrogens with zero attached hydrogens (tertiary/aromatic N) is 3. The minimum atomic E-state index is -2.71. The first-order valence-corrected chi connectivity index (χ1v) is 8.21. The molecule has 3 rings (SSSR count). The Labute approximate surface area is 148 Å². The summed E-state index contributed by atoms with van der Waals surface area (Å²) in [6.07, 6.45) is 2.40. The quantitative estimate of drug-likeness (QED) is 0.463. The molecule has 7 nitrogen and oxygen atoms in total. The number of ether oxygens (including phenoxy) is 1. The van der Waals surface area contributed by atoms with Gasteiger partial charge in [-0.25, -0.2) is 23.1 Å². The van der Waals surface area contributed by atoms with Crippen LogP contribution < -0.4 is 5.32 Å². The summed E-state index contributed by atoms with van der Waals surface area (Å²) in [5.41, 5.74) is 0.606. The Morgan fingerprint density at radius 3 is 2.85 bits per heavy atom. The monoisotopic (exact) mass is 364 g/mol. The van der Waals surface area contributed by atoms with E-state index >= 15 is 0 Å². The maximum atomic E-state index is 13.3. The SMILES string of the molecule is COC(=O)/C=C/CCNC(=O)c1cc2nc(C3CC3)cc(C(F)F)n2n1. The van der Waals surface area contributed by atoms with Gasteiger partial charge in [0.15, 0.2) is 11.3 Å². The number of rotatable bonds is 7. The van der Waals surface area contributed by atoms with Crippen molar-refractivity contribution in [2.24, 2.45) is 0 Å². The van der Waals surface area contributed by atoms with Crippen LogP contribution in [-0.4, -0.2) is 40.1 Å². The Bertz CT molecular complexity index is 859. The van der Waals surface area contributed by atoms with Crippen LogP contribution in [0.1, 0.15) is 53.5 Å². The maximum absolute atomic E-state index is 13.3. The number of alkyl halides is 2. The summed E-state index contributed by atoms with van der Waals surface area (Å²) in [6.45, 7) is 0.267. The second-order valence-corrected chi connectivity index (χ2v) is 5.95. The van der Waals surface area contributed by atoms with E-state index in [4.69, 9.17) is 0 Å². The van der Waals surface area contributed by atoms with Gasteiger partial charge < -0.3 is 10.1 Å². The minimum Gasteiger partial charge on any atom is -0.466 e. The molecule has 0 radical (unpaired) electrons. The number of esters is 1. The predicted molar refractivity (Wildman–Crippen MR) is 88.0 cm³/mol. The number of methoxy groups -OCH3 is 1. The number of amides is 1. The highest BCUT2D eigenvalue weighted by molar-refractivity contribution is 5.93. The normalized spacial score (nSPS) is 14.3. The molecule has 1 N–H and O–H groups in total. The van der Waals surface area contributed by atoms with Gasteiger partial charge in [-0.15, -0.1) is 0 Å². The zero-order valence-corrected chi connectivity index (χ0v) is 14.1. The molecular weight excluding hydrogens is 346 g/mol. The van der Waals surface area contributed by atoms with Crippen molar-refractivity contribution in [1.82, 2.24) is 19.9 Å². The van der Waals surface area contributed by atoms with Crippen molar-refractivity contribution in [3.05, 3.63) is 41.4 Å². The molecule has 2 heterocycles. The third-order valence-electron chi connectivity index (χ3n) is 3.98. The van der Waals surface area contributed by atoms with Gasteiger partial charge in [0.2, 0.25) is 0 Å². The van der Waals surface area contributed by atoms with Gasteiger partial charge in [-0.2, -0.15) is 5.10 Å². The zero-order valence-electron chi connectivity index (χ0n) is 14.1. The fraction of sp³-hybridized carbons (Fsp3) is 0.412. The highest BCUT2D eigenvalue weighted by atomic mass is 19.3. The van der Waals surface area contributed by atoms with Crippen molar-refractivity contribution < 1.29 is 23.1 Å². The fourth-order valence-corrected chi connectivity index (χ4v) is 2.48. The summed E-state index contributed by atoms with van der Waals surface area (Å²) in [7, 11) is 1.27. The lowest BCUT2D eigenvalue weighted by molar-refractivity contribution is -0.134. The summed E-state index contributed by atoms with van der Waals surface area (Å²) in [4.78, 5) is 27.4. The van der Waals surface area contributed by atoms with Gasteiger partial charge >= 0.3 is 5.97 Å². The lowest BCUT2D eigenvalue weighted by Gasteiger charge is -2.06. The van der Waals surface area contributed by atoms with E-state index in [9.17, 15) is 18.4 Å². The van der Waals surface area contributed by atoms with Crippen molar-refractivity contribution in [2.75, 3.05) is 13.7 Å². The van der Waals surface area contributed by atoms with E-state index in [1.807, 2.05) is 0 Å². The Kier molecular flexibility index (Phi) is 5.24. The van der Waals surface area contributed by atoms with Crippen LogP contribution in [0, 0.1) is 0 Å². The van der Waals surface area contributed by atoms with Crippen LogP contribution in [0.2, 0.25) is 0 Å². The molecule has 1 saturated carbocycles. The third-order valence-corrected chi connectivity index (χ3v) is 3.98. The summed E-state index contributed by atoms with van der Waals surface area (Å²) in [6, 6.07) is 2.76. The predicted octanol–water partition coefficient (Wildman–Crippen LogP) is 2.39.